The van der Waals surface area contributed by atoms with E-state index in [1.807, 2.05) is 6.92 Å². The summed E-state index contributed by atoms with van der Waals surface area (Å²) >= 11 is 0. The number of hydrogen-bond acceptors (Lipinski definition) is 10. The van der Waals surface area contributed by atoms with E-state index in [0.29, 0.717) is 6.54 Å². The maximum absolute atomic E-state index is 10.5. The summed E-state index contributed by atoms with van der Waals surface area (Å²) in [5.74, 6) is 0. The summed E-state index contributed by atoms with van der Waals surface area (Å²) < 4.78 is 10.7. The van der Waals surface area contributed by atoms with Crippen LogP contribution in [0.5, 0.6) is 0 Å². The van der Waals surface area contributed by atoms with Gasteiger partial charge in [0.05, 0.1) is 25.4 Å². The first-order valence-corrected chi connectivity index (χ1v) is 8.52. The maximum Gasteiger partial charge on any atom is 0.187 e. The van der Waals surface area contributed by atoms with Crippen LogP contribution in [0.3, 0.4) is 0 Å². The van der Waals surface area contributed by atoms with Gasteiger partial charge in [0.15, 0.2) is 6.29 Å². The Morgan fingerprint density at radius 3 is 2.20 bits per heavy atom. The number of aliphatic hydroxyl groups is 7. The molecule has 25 heavy (non-hydrogen) atoms. The Bertz CT molecular complexity index is 412. The Morgan fingerprint density at radius 2 is 1.64 bits per heavy atom. The van der Waals surface area contributed by atoms with Crippen LogP contribution < -0.4 is 0 Å². The van der Waals surface area contributed by atoms with Crippen molar-refractivity contribution in [2.75, 3.05) is 26.3 Å². The molecule has 9 atom stereocenters. The smallest absolute Gasteiger partial charge is 0.187 e. The van der Waals surface area contributed by atoms with Crippen LogP contribution in [0, 0.1) is 0 Å². The van der Waals surface area contributed by atoms with Crippen LogP contribution >= 0.6 is 0 Å². The first-order chi connectivity index (χ1) is 11.8. The highest BCUT2D eigenvalue weighted by Gasteiger charge is 2.49. The minimum Gasteiger partial charge on any atom is -0.395 e. The molecule has 0 amide bonds. The van der Waals surface area contributed by atoms with Crippen LogP contribution in [0.25, 0.3) is 0 Å². The molecule has 0 aromatic heterocycles. The van der Waals surface area contributed by atoms with Gasteiger partial charge in [-0.3, -0.25) is 4.90 Å². The molecule has 0 aromatic rings. The van der Waals surface area contributed by atoms with Crippen molar-refractivity contribution in [1.29, 1.82) is 0 Å². The second-order valence-corrected chi connectivity index (χ2v) is 6.60. The molecule has 2 heterocycles. The van der Waals surface area contributed by atoms with Crippen LogP contribution in [0.1, 0.15) is 13.3 Å². The largest absolute Gasteiger partial charge is 0.395 e. The zero-order valence-corrected chi connectivity index (χ0v) is 14.1. The molecule has 2 aliphatic rings. The van der Waals surface area contributed by atoms with E-state index in [0.717, 1.165) is 6.42 Å². The molecule has 148 valence electrons. The summed E-state index contributed by atoms with van der Waals surface area (Å²) in [5, 5.41) is 69.1. The van der Waals surface area contributed by atoms with E-state index in [4.69, 9.17) is 9.47 Å². The summed E-state index contributed by atoms with van der Waals surface area (Å²) in [7, 11) is 0. The summed E-state index contributed by atoms with van der Waals surface area (Å²) in [6.07, 6.45) is -10.1. The van der Waals surface area contributed by atoms with Crippen molar-refractivity contribution in [3.8, 4) is 0 Å². The molecule has 0 aliphatic carbocycles. The normalized spacial score (nSPS) is 46.3. The molecule has 2 fully saturated rings. The topological polar surface area (TPSA) is 163 Å². The molecular weight excluding hydrogens is 338 g/mol. The highest BCUT2D eigenvalue weighted by Crippen LogP contribution is 2.28. The molecule has 0 saturated carbocycles. The van der Waals surface area contributed by atoms with E-state index in [1.54, 1.807) is 4.90 Å². The molecule has 7 N–H and O–H groups in total. The predicted molar refractivity (Wildman–Crippen MR) is 83.4 cm³/mol. The minimum absolute atomic E-state index is 0.151. The summed E-state index contributed by atoms with van der Waals surface area (Å²) in [5.41, 5.74) is 0. The lowest BCUT2D eigenvalue weighted by molar-refractivity contribution is -0.330. The van der Waals surface area contributed by atoms with Crippen molar-refractivity contribution in [2.24, 2.45) is 0 Å². The fraction of sp³-hybridized carbons (Fsp3) is 1.00. The average Bonchev–Trinajstić information content (AvgIpc) is 2.58. The zero-order chi connectivity index (χ0) is 18.7. The van der Waals surface area contributed by atoms with Gasteiger partial charge in [-0.1, -0.05) is 6.92 Å². The monoisotopic (exact) mass is 367 g/mol. The molecule has 0 aromatic carbocycles. The highest BCUT2D eigenvalue weighted by molar-refractivity contribution is 4.97. The van der Waals surface area contributed by atoms with Crippen molar-refractivity contribution in [3.63, 3.8) is 0 Å². The molecule has 2 aliphatic heterocycles. The first kappa shape index (κ1) is 20.9. The second-order valence-electron chi connectivity index (χ2n) is 6.60. The van der Waals surface area contributed by atoms with Crippen molar-refractivity contribution >= 4 is 0 Å². The number of hydrogen-bond donors (Lipinski definition) is 7. The fourth-order valence-electron chi connectivity index (χ4n) is 3.42. The SMILES string of the molecule is CCCN1C[C@@H](O)[C@@H](O[C@H]2O[C@H](CO)[C@@H](O)[C@H](O)[C@H]2O)[C@H](O)[C@H]1CO. The molecular formula is C15H29NO9. The third-order valence-electron chi connectivity index (χ3n) is 4.84. The van der Waals surface area contributed by atoms with E-state index in [1.165, 1.54) is 0 Å². The van der Waals surface area contributed by atoms with Gasteiger partial charge in [-0.15, -0.1) is 0 Å². The number of β-amino-alcohol motifs (C(OH)–C–C–N with tert-alkyl or cyclic N) is 1. The van der Waals surface area contributed by atoms with Crippen LogP contribution in [0.4, 0.5) is 0 Å². The van der Waals surface area contributed by atoms with Crippen molar-refractivity contribution < 1.29 is 45.2 Å². The predicted octanol–water partition coefficient (Wildman–Crippen LogP) is -4.02. The van der Waals surface area contributed by atoms with E-state index in [9.17, 15) is 35.7 Å². The average molecular weight is 367 g/mol. The van der Waals surface area contributed by atoms with Gasteiger partial charge in [-0.25, -0.2) is 0 Å². The number of rotatable bonds is 6. The van der Waals surface area contributed by atoms with Gasteiger partial charge >= 0.3 is 0 Å². The van der Waals surface area contributed by atoms with Gasteiger partial charge in [0.1, 0.15) is 36.6 Å². The van der Waals surface area contributed by atoms with Gasteiger partial charge in [0.2, 0.25) is 0 Å². The summed E-state index contributed by atoms with van der Waals surface area (Å²) in [6, 6.07) is -0.654. The molecule has 2 rings (SSSR count). The number of aliphatic hydroxyl groups excluding tert-OH is 7. The fourth-order valence-corrected chi connectivity index (χ4v) is 3.42. The summed E-state index contributed by atoms with van der Waals surface area (Å²) in [6.45, 7) is 1.71. The van der Waals surface area contributed by atoms with Crippen LogP contribution in [0.15, 0.2) is 0 Å². The molecule has 0 spiro atoms. The molecule has 0 unspecified atom stereocenters. The Kier molecular flexibility index (Phi) is 7.52. The minimum atomic E-state index is -1.63. The van der Waals surface area contributed by atoms with E-state index in [-0.39, 0.29) is 13.2 Å². The van der Waals surface area contributed by atoms with Crippen LogP contribution in [0.2, 0.25) is 0 Å². The van der Waals surface area contributed by atoms with E-state index >= 15 is 0 Å². The number of piperidine rings is 1. The van der Waals surface area contributed by atoms with Crippen molar-refractivity contribution in [2.45, 2.75) is 68.4 Å². The Balaban J connectivity index is 2.09. The quantitative estimate of drug-likeness (QED) is 0.246. The highest BCUT2D eigenvalue weighted by atomic mass is 16.7. The Labute approximate surface area is 145 Å². The van der Waals surface area contributed by atoms with Crippen LogP contribution in [-0.4, -0.2) is 122 Å². The lowest BCUT2D eigenvalue weighted by Gasteiger charge is -2.47. The third kappa shape index (κ3) is 4.30. The number of ether oxygens (including phenoxy) is 2. The lowest BCUT2D eigenvalue weighted by atomic mass is 9.93. The van der Waals surface area contributed by atoms with Gasteiger partial charge in [0, 0.05) is 6.54 Å². The lowest BCUT2D eigenvalue weighted by Crippen LogP contribution is -2.66. The van der Waals surface area contributed by atoms with Gasteiger partial charge in [-0.2, -0.15) is 0 Å². The Hall–Kier alpha value is -0.400. The Morgan fingerprint density at radius 1 is 0.960 bits per heavy atom. The standard InChI is InChI=1S/C15H29NO9/c1-2-3-16-4-8(19)14(10(20)7(16)5-17)25-15-13(23)12(22)11(21)9(6-18)24-15/h7-15,17-23H,2-6H2,1H3/t7-,8-,9-,10-,11-,12+,13-,14-,15-/m1/s1. The first-order valence-electron chi connectivity index (χ1n) is 8.52. The molecule has 0 radical (unpaired) electrons. The van der Waals surface area contributed by atoms with Crippen LogP contribution in [-0.2, 0) is 9.47 Å². The van der Waals surface area contributed by atoms with Crippen molar-refractivity contribution in [1.82, 2.24) is 4.90 Å². The number of likely N-dealkylation sites (tertiary alicyclic amines) is 1. The third-order valence-corrected chi connectivity index (χ3v) is 4.84. The molecule has 0 bridgehead atoms. The van der Waals surface area contributed by atoms with Gasteiger partial charge in [0.25, 0.3) is 0 Å². The molecule has 10 nitrogen and oxygen atoms in total. The maximum atomic E-state index is 10.5. The van der Waals surface area contributed by atoms with Crippen molar-refractivity contribution in [3.05, 3.63) is 0 Å². The van der Waals surface area contributed by atoms with Gasteiger partial charge < -0.3 is 45.2 Å². The number of nitrogens with zero attached hydrogens (tertiary/aromatic N) is 1. The van der Waals surface area contributed by atoms with Gasteiger partial charge in [-0.05, 0) is 13.0 Å². The second kappa shape index (κ2) is 9.00. The molecule has 10 heteroatoms. The zero-order valence-electron chi connectivity index (χ0n) is 14.1. The van der Waals surface area contributed by atoms with E-state index in [2.05, 4.69) is 0 Å². The molecule has 2 saturated heterocycles. The van der Waals surface area contributed by atoms with E-state index < -0.39 is 61.7 Å². The summed E-state index contributed by atoms with van der Waals surface area (Å²) in [4.78, 5) is 1.75.